The molecule has 0 spiro atoms. The highest BCUT2D eigenvalue weighted by Crippen LogP contribution is 2.17. The standard InChI is InChI=1S/C12H24N2/c1-3-12(13-2)14-11-9-7-5-4-6-8-10-11/h3,11,13-14H,4-10H2,1-2H3/b12-3+. The van der Waals surface area contributed by atoms with Crippen LogP contribution in [0.1, 0.15) is 51.9 Å². The lowest BCUT2D eigenvalue weighted by Gasteiger charge is -2.23. The molecule has 1 aliphatic carbocycles. The Balaban J connectivity index is 2.33. The molecule has 0 aromatic carbocycles. The Bertz CT molecular complexity index is 167. The van der Waals surface area contributed by atoms with Gasteiger partial charge in [0.05, 0.1) is 5.82 Å². The number of nitrogens with one attached hydrogen (secondary N) is 2. The van der Waals surface area contributed by atoms with E-state index in [0.717, 1.165) is 0 Å². The normalized spacial score (nSPS) is 21.1. The van der Waals surface area contributed by atoms with Gasteiger partial charge in [-0.05, 0) is 25.8 Å². The molecule has 14 heavy (non-hydrogen) atoms. The van der Waals surface area contributed by atoms with Crippen molar-refractivity contribution in [2.75, 3.05) is 7.05 Å². The summed E-state index contributed by atoms with van der Waals surface area (Å²) in [6.45, 7) is 2.07. The third kappa shape index (κ3) is 4.03. The fraction of sp³-hybridized carbons (Fsp3) is 0.833. The van der Waals surface area contributed by atoms with Crippen molar-refractivity contribution in [3.05, 3.63) is 11.9 Å². The first-order valence-electron chi connectivity index (χ1n) is 5.97. The third-order valence-electron chi connectivity index (χ3n) is 3.02. The van der Waals surface area contributed by atoms with E-state index < -0.39 is 0 Å². The fourth-order valence-electron chi connectivity index (χ4n) is 2.12. The van der Waals surface area contributed by atoms with Gasteiger partial charge in [-0.1, -0.05) is 32.1 Å². The molecule has 2 nitrogen and oxygen atoms in total. The predicted molar refractivity (Wildman–Crippen MR) is 62.1 cm³/mol. The highest BCUT2D eigenvalue weighted by molar-refractivity contribution is 4.96. The molecule has 0 aromatic heterocycles. The molecule has 0 bridgehead atoms. The second-order valence-electron chi connectivity index (χ2n) is 4.14. The molecule has 82 valence electrons. The van der Waals surface area contributed by atoms with Gasteiger partial charge in [-0.25, -0.2) is 0 Å². The highest BCUT2D eigenvalue weighted by atomic mass is 15.1. The van der Waals surface area contributed by atoms with E-state index in [-0.39, 0.29) is 0 Å². The van der Waals surface area contributed by atoms with E-state index in [1.165, 1.54) is 50.8 Å². The Morgan fingerprint density at radius 1 is 1.07 bits per heavy atom. The molecule has 0 atom stereocenters. The van der Waals surface area contributed by atoms with Crippen molar-refractivity contribution in [1.82, 2.24) is 10.6 Å². The van der Waals surface area contributed by atoms with E-state index in [2.05, 4.69) is 23.6 Å². The molecule has 0 aromatic rings. The van der Waals surface area contributed by atoms with Crippen LogP contribution < -0.4 is 10.6 Å². The van der Waals surface area contributed by atoms with Crippen LogP contribution in [0.5, 0.6) is 0 Å². The van der Waals surface area contributed by atoms with Crippen molar-refractivity contribution in [1.29, 1.82) is 0 Å². The molecule has 1 rings (SSSR count). The van der Waals surface area contributed by atoms with Crippen molar-refractivity contribution in [3.63, 3.8) is 0 Å². The van der Waals surface area contributed by atoms with Crippen LogP contribution in [0.25, 0.3) is 0 Å². The van der Waals surface area contributed by atoms with Crippen LogP contribution >= 0.6 is 0 Å². The van der Waals surface area contributed by atoms with E-state index in [9.17, 15) is 0 Å². The summed E-state index contributed by atoms with van der Waals surface area (Å²) in [5, 5.41) is 6.76. The van der Waals surface area contributed by atoms with Gasteiger partial charge < -0.3 is 10.6 Å². The maximum absolute atomic E-state index is 3.57. The second kappa shape index (κ2) is 6.74. The monoisotopic (exact) mass is 196 g/mol. The number of allylic oxidation sites excluding steroid dienone is 1. The van der Waals surface area contributed by atoms with Crippen molar-refractivity contribution in [2.45, 2.75) is 57.9 Å². The van der Waals surface area contributed by atoms with Gasteiger partial charge in [-0.2, -0.15) is 0 Å². The molecule has 2 heteroatoms. The van der Waals surface area contributed by atoms with Crippen LogP contribution in [-0.2, 0) is 0 Å². The summed E-state index contributed by atoms with van der Waals surface area (Å²) in [6.07, 6.45) is 11.8. The lowest BCUT2D eigenvalue weighted by molar-refractivity contribution is 0.406. The van der Waals surface area contributed by atoms with Crippen LogP contribution in [0.15, 0.2) is 11.9 Å². The molecule has 0 amide bonds. The zero-order valence-electron chi connectivity index (χ0n) is 9.60. The van der Waals surface area contributed by atoms with E-state index >= 15 is 0 Å². The Hall–Kier alpha value is -0.660. The largest absolute Gasteiger partial charge is 0.375 e. The lowest BCUT2D eigenvalue weighted by Crippen LogP contribution is -2.33. The molecule has 0 saturated heterocycles. The van der Waals surface area contributed by atoms with E-state index in [1.54, 1.807) is 0 Å². The minimum absolute atomic E-state index is 0.689. The highest BCUT2D eigenvalue weighted by Gasteiger charge is 2.10. The maximum atomic E-state index is 3.57. The smallest absolute Gasteiger partial charge is 0.0942 e. The number of hydrogen-bond acceptors (Lipinski definition) is 2. The van der Waals surface area contributed by atoms with Crippen LogP contribution in [0.2, 0.25) is 0 Å². The van der Waals surface area contributed by atoms with E-state index in [1.807, 2.05) is 7.05 Å². The summed E-state index contributed by atoms with van der Waals surface area (Å²) in [5.41, 5.74) is 0. The molecule has 1 fully saturated rings. The summed E-state index contributed by atoms with van der Waals surface area (Å²) in [6, 6.07) is 0.689. The number of hydrogen-bond donors (Lipinski definition) is 2. The maximum Gasteiger partial charge on any atom is 0.0942 e. The average Bonchev–Trinajstić information content (AvgIpc) is 2.16. The van der Waals surface area contributed by atoms with Gasteiger partial charge in [0, 0.05) is 13.1 Å². The molecular weight excluding hydrogens is 172 g/mol. The zero-order chi connectivity index (χ0) is 10.2. The van der Waals surface area contributed by atoms with Gasteiger partial charge in [0.15, 0.2) is 0 Å². The topological polar surface area (TPSA) is 24.1 Å². The zero-order valence-corrected chi connectivity index (χ0v) is 9.60. The van der Waals surface area contributed by atoms with Gasteiger partial charge >= 0.3 is 0 Å². The SMILES string of the molecule is C/C=C(\NC)NC1CCCCCCC1. The third-order valence-corrected chi connectivity index (χ3v) is 3.02. The Morgan fingerprint density at radius 3 is 2.14 bits per heavy atom. The average molecular weight is 196 g/mol. The van der Waals surface area contributed by atoms with Crippen LogP contribution in [-0.4, -0.2) is 13.1 Å². The number of rotatable bonds is 3. The van der Waals surface area contributed by atoms with Gasteiger partial charge in [-0.3, -0.25) is 0 Å². The minimum atomic E-state index is 0.689. The predicted octanol–water partition coefficient (Wildman–Crippen LogP) is 2.77. The Labute approximate surface area is 88.2 Å². The van der Waals surface area contributed by atoms with Gasteiger partial charge in [0.2, 0.25) is 0 Å². The molecule has 1 aliphatic rings. The lowest BCUT2D eigenvalue weighted by atomic mass is 9.97. The van der Waals surface area contributed by atoms with Gasteiger partial charge in [0.25, 0.3) is 0 Å². The summed E-state index contributed by atoms with van der Waals surface area (Å²) in [5.74, 6) is 1.18. The van der Waals surface area contributed by atoms with Crippen LogP contribution in [0, 0.1) is 0 Å². The first-order valence-corrected chi connectivity index (χ1v) is 5.97. The summed E-state index contributed by atoms with van der Waals surface area (Å²) < 4.78 is 0. The summed E-state index contributed by atoms with van der Waals surface area (Å²) in [7, 11) is 1.98. The van der Waals surface area contributed by atoms with Crippen molar-refractivity contribution in [3.8, 4) is 0 Å². The first kappa shape index (κ1) is 11.4. The molecular formula is C12H24N2. The first-order chi connectivity index (χ1) is 6.86. The van der Waals surface area contributed by atoms with Gasteiger partial charge in [0.1, 0.15) is 0 Å². The molecule has 0 unspecified atom stereocenters. The van der Waals surface area contributed by atoms with Crippen LogP contribution in [0.3, 0.4) is 0 Å². The van der Waals surface area contributed by atoms with Gasteiger partial charge in [-0.15, -0.1) is 0 Å². The van der Waals surface area contributed by atoms with E-state index in [0.29, 0.717) is 6.04 Å². The Morgan fingerprint density at radius 2 is 1.64 bits per heavy atom. The molecule has 0 aliphatic heterocycles. The molecule has 2 N–H and O–H groups in total. The quantitative estimate of drug-likeness (QED) is 0.725. The second-order valence-corrected chi connectivity index (χ2v) is 4.14. The molecule has 0 heterocycles. The van der Waals surface area contributed by atoms with Crippen molar-refractivity contribution < 1.29 is 0 Å². The Kier molecular flexibility index (Phi) is 5.50. The van der Waals surface area contributed by atoms with Crippen molar-refractivity contribution >= 4 is 0 Å². The fourth-order valence-corrected chi connectivity index (χ4v) is 2.12. The minimum Gasteiger partial charge on any atom is -0.375 e. The van der Waals surface area contributed by atoms with Crippen LogP contribution in [0.4, 0.5) is 0 Å². The van der Waals surface area contributed by atoms with Crippen molar-refractivity contribution in [2.24, 2.45) is 0 Å². The molecule has 0 radical (unpaired) electrons. The summed E-state index contributed by atoms with van der Waals surface area (Å²) >= 11 is 0. The van der Waals surface area contributed by atoms with E-state index in [4.69, 9.17) is 0 Å². The summed E-state index contributed by atoms with van der Waals surface area (Å²) in [4.78, 5) is 0. The molecule has 1 saturated carbocycles.